The predicted molar refractivity (Wildman–Crippen MR) is 77.0 cm³/mol. The van der Waals surface area contributed by atoms with Crippen LogP contribution in [0, 0.1) is 17.0 Å². The molecule has 2 aromatic rings. The molecule has 1 heterocycles. The Morgan fingerprint density at radius 1 is 1.32 bits per heavy atom. The fraction of sp³-hybridized carbons (Fsp3) is 0.250. The first kappa shape index (κ1) is 17.8. The van der Waals surface area contributed by atoms with Crippen molar-refractivity contribution in [1.82, 2.24) is 9.55 Å². The van der Waals surface area contributed by atoms with E-state index in [0.717, 1.165) is 5.56 Å². The zero-order valence-electron chi connectivity index (χ0n) is 11.7. The van der Waals surface area contributed by atoms with Gasteiger partial charge in [-0.2, -0.15) is 8.42 Å². The van der Waals surface area contributed by atoms with Gasteiger partial charge in [0, 0.05) is 6.54 Å². The van der Waals surface area contributed by atoms with E-state index in [0.29, 0.717) is 6.54 Å². The van der Waals surface area contributed by atoms with E-state index in [-0.39, 0.29) is 17.3 Å². The van der Waals surface area contributed by atoms with E-state index in [1.165, 1.54) is 29.2 Å². The molecule has 0 aliphatic rings. The third kappa shape index (κ3) is 5.60. The van der Waals surface area contributed by atoms with Crippen molar-refractivity contribution in [2.45, 2.75) is 18.4 Å². The van der Waals surface area contributed by atoms with Crippen molar-refractivity contribution >= 4 is 15.9 Å². The largest absolute Gasteiger partial charge is 0.395 e. The molecule has 0 saturated heterocycles. The number of rotatable bonds is 4. The molecule has 0 radical (unpaired) electrons. The topological polar surface area (TPSA) is 136 Å². The van der Waals surface area contributed by atoms with E-state index in [9.17, 15) is 18.5 Å². The molecule has 10 heteroatoms. The van der Waals surface area contributed by atoms with E-state index < -0.39 is 15.0 Å². The number of aliphatic hydroxyl groups is 1. The van der Waals surface area contributed by atoms with Gasteiger partial charge < -0.3 is 19.8 Å². The van der Waals surface area contributed by atoms with Crippen LogP contribution >= 0.6 is 0 Å². The van der Waals surface area contributed by atoms with E-state index in [4.69, 9.17) is 9.66 Å². The first-order valence-corrected chi connectivity index (χ1v) is 7.49. The summed E-state index contributed by atoms with van der Waals surface area (Å²) in [6, 6.07) is 5.99. The number of aromatic nitrogens is 2. The number of hydrogen-bond donors (Lipinski definition) is 2. The molecular weight excluding hydrogens is 314 g/mol. The van der Waals surface area contributed by atoms with Crippen molar-refractivity contribution in [2.75, 3.05) is 6.61 Å². The quantitative estimate of drug-likeness (QED) is 0.485. The highest BCUT2D eigenvalue weighted by Gasteiger charge is 2.08. The average molecular weight is 329 g/mol. The van der Waals surface area contributed by atoms with Crippen LogP contribution in [0.2, 0.25) is 0 Å². The second-order valence-corrected chi connectivity index (χ2v) is 5.66. The summed E-state index contributed by atoms with van der Waals surface area (Å²) in [7, 11) is -4.02. The van der Waals surface area contributed by atoms with Gasteiger partial charge in [-0.3, -0.25) is 4.55 Å². The minimum Gasteiger partial charge on any atom is -0.395 e. The van der Waals surface area contributed by atoms with Crippen LogP contribution in [0.1, 0.15) is 5.56 Å². The number of nitro groups is 1. The molecule has 0 fully saturated rings. The van der Waals surface area contributed by atoms with Crippen molar-refractivity contribution in [2.24, 2.45) is 0 Å². The van der Waals surface area contributed by atoms with Gasteiger partial charge in [-0.15, -0.1) is 0 Å². The molecule has 22 heavy (non-hydrogen) atoms. The van der Waals surface area contributed by atoms with Crippen molar-refractivity contribution in [3.05, 3.63) is 52.5 Å². The van der Waals surface area contributed by atoms with Gasteiger partial charge in [-0.05, 0) is 29.0 Å². The molecule has 0 spiro atoms. The third-order valence-electron chi connectivity index (χ3n) is 2.48. The summed E-state index contributed by atoms with van der Waals surface area (Å²) in [6.07, 6.45) is 2.59. The molecule has 0 amide bonds. The summed E-state index contributed by atoms with van der Waals surface area (Å²) in [5.41, 5.74) is 0.956. The highest BCUT2D eigenvalue weighted by Crippen LogP contribution is 2.08. The van der Waals surface area contributed by atoms with Crippen LogP contribution in [0.4, 0.5) is 5.82 Å². The van der Waals surface area contributed by atoms with Crippen molar-refractivity contribution in [1.29, 1.82) is 0 Å². The fourth-order valence-corrected chi connectivity index (χ4v) is 1.87. The van der Waals surface area contributed by atoms with E-state index >= 15 is 0 Å². The summed E-state index contributed by atoms with van der Waals surface area (Å²) >= 11 is 0. The number of imidazole rings is 1. The minimum atomic E-state index is -4.02. The normalized spacial score (nSPS) is 10.7. The average Bonchev–Trinajstić information content (AvgIpc) is 2.88. The molecule has 0 atom stereocenters. The summed E-state index contributed by atoms with van der Waals surface area (Å²) in [5, 5.41) is 18.5. The first-order valence-electron chi connectivity index (χ1n) is 6.05. The SMILES string of the molecule is Cc1ccc(S(=O)(=O)O)cc1.O=[N+]([O-])c1cn(CCO)cn1. The van der Waals surface area contributed by atoms with Gasteiger partial charge in [-0.1, -0.05) is 17.7 Å². The maximum Gasteiger partial charge on any atom is 0.381 e. The van der Waals surface area contributed by atoms with Crippen molar-refractivity contribution < 1.29 is 23.0 Å². The lowest BCUT2D eigenvalue weighted by Gasteiger charge is -1.95. The van der Waals surface area contributed by atoms with Crippen molar-refractivity contribution in [3.63, 3.8) is 0 Å². The molecule has 9 nitrogen and oxygen atoms in total. The van der Waals surface area contributed by atoms with Crippen LogP contribution in [0.3, 0.4) is 0 Å². The molecular formula is C12H15N3O6S. The second-order valence-electron chi connectivity index (χ2n) is 4.24. The Bertz CT molecular complexity index is 724. The molecule has 0 unspecified atom stereocenters. The molecule has 0 saturated carbocycles. The smallest absolute Gasteiger partial charge is 0.381 e. The highest BCUT2D eigenvalue weighted by atomic mass is 32.2. The van der Waals surface area contributed by atoms with Gasteiger partial charge in [-0.25, -0.2) is 0 Å². The number of aliphatic hydroxyl groups excluding tert-OH is 1. The number of benzene rings is 1. The molecule has 2 N–H and O–H groups in total. The van der Waals surface area contributed by atoms with Crippen LogP contribution in [-0.4, -0.2) is 39.2 Å². The van der Waals surface area contributed by atoms with Gasteiger partial charge in [0.25, 0.3) is 10.1 Å². The Kier molecular flexibility index (Phi) is 6.16. The lowest BCUT2D eigenvalue weighted by atomic mass is 10.2. The molecule has 120 valence electrons. The second kappa shape index (κ2) is 7.64. The van der Waals surface area contributed by atoms with Gasteiger partial charge in [0.15, 0.2) is 0 Å². The van der Waals surface area contributed by atoms with Gasteiger partial charge in [0.05, 0.1) is 11.5 Å². The molecule has 0 bridgehead atoms. The Morgan fingerprint density at radius 2 is 1.91 bits per heavy atom. The molecule has 0 aliphatic heterocycles. The molecule has 2 rings (SSSR count). The van der Waals surface area contributed by atoms with E-state index in [2.05, 4.69) is 4.98 Å². The van der Waals surface area contributed by atoms with Crippen LogP contribution in [0.15, 0.2) is 41.7 Å². The number of hydrogen-bond acceptors (Lipinski definition) is 6. The van der Waals surface area contributed by atoms with Crippen molar-refractivity contribution in [3.8, 4) is 0 Å². The molecule has 1 aromatic heterocycles. The summed E-state index contributed by atoms with van der Waals surface area (Å²) in [6.45, 7) is 2.13. The summed E-state index contributed by atoms with van der Waals surface area (Å²) in [4.78, 5) is 12.9. The van der Waals surface area contributed by atoms with Gasteiger partial charge >= 0.3 is 5.82 Å². The minimum absolute atomic E-state index is 0.0481. The Labute approximate surface area is 126 Å². The van der Waals surface area contributed by atoms with Gasteiger partial charge in [0.1, 0.15) is 6.20 Å². The fourth-order valence-electron chi connectivity index (χ4n) is 1.39. The Morgan fingerprint density at radius 3 is 2.32 bits per heavy atom. The number of nitrogens with zero attached hydrogens (tertiary/aromatic N) is 3. The van der Waals surface area contributed by atoms with Crippen LogP contribution < -0.4 is 0 Å². The lowest BCUT2D eigenvalue weighted by molar-refractivity contribution is -0.389. The predicted octanol–water partition coefficient (Wildman–Crippen LogP) is 1.03. The maximum atomic E-state index is 10.5. The monoisotopic (exact) mass is 329 g/mol. The van der Waals surface area contributed by atoms with E-state index in [1.54, 1.807) is 12.1 Å². The number of aryl methyl sites for hydroxylation is 1. The zero-order valence-corrected chi connectivity index (χ0v) is 12.5. The standard InChI is InChI=1S/C7H8O3S.C5H7N3O3/c1-6-2-4-7(5-3-6)11(8,9)10;9-2-1-7-3-5(6-4-7)8(10)11/h2-5H,1H3,(H,8,9,10);3-4,9H,1-2H2. The molecule has 1 aromatic carbocycles. The third-order valence-corrected chi connectivity index (χ3v) is 3.35. The molecule has 0 aliphatic carbocycles. The van der Waals surface area contributed by atoms with Crippen LogP contribution in [0.25, 0.3) is 0 Å². The van der Waals surface area contributed by atoms with Gasteiger partial charge in [0.2, 0.25) is 6.33 Å². The van der Waals surface area contributed by atoms with Crippen LogP contribution in [0.5, 0.6) is 0 Å². The summed E-state index contributed by atoms with van der Waals surface area (Å²) < 4.78 is 31.0. The first-order chi connectivity index (χ1) is 10.2. The Balaban J connectivity index is 0.000000220. The lowest BCUT2D eigenvalue weighted by Crippen LogP contribution is -1.98. The summed E-state index contributed by atoms with van der Waals surface area (Å²) in [5.74, 6) is -0.196. The van der Waals surface area contributed by atoms with E-state index in [1.807, 2.05) is 6.92 Å². The highest BCUT2D eigenvalue weighted by molar-refractivity contribution is 7.85. The zero-order chi connectivity index (χ0) is 16.8. The van der Waals surface area contributed by atoms with Crippen LogP contribution in [-0.2, 0) is 16.7 Å². The maximum absolute atomic E-state index is 10.5. The Hall–Kier alpha value is -2.30.